The zero-order valence-corrected chi connectivity index (χ0v) is 16.2. The lowest BCUT2D eigenvalue weighted by molar-refractivity contribution is -0.384. The highest BCUT2D eigenvalue weighted by Gasteiger charge is 2.14. The zero-order valence-electron chi connectivity index (χ0n) is 14.1. The Morgan fingerprint density at radius 3 is 2.93 bits per heavy atom. The molecule has 1 heterocycles. The van der Waals surface area contributed by atoms with E-state index in [-0.39, 0.29) is 11.5 Å². The third-order valence-corrected chi connectivity index (χ3v) is 3.84. The van der Waals surface area contributed by atoms with Crippen molar-refractivity contribution in [1.82, 2.24) is 4.98 Å². The quantitative estimate of drug-likeness (QED) is 0.239. The van der Waals surface area contributed by atoms with Crippen LogP contribution in [0.25, 0.3) is 0 Å². The summed E-state index contributed by atoms with van der Waals surface area (Å²) >= 11 is 1.99. The monoisotopic (exact) mass is 486 g/mol. The summed E-state index contributed by atoms with van der Waals surface area (Å²) in [5.74, 6) is -0.388. The fourth-order valence-electron chi connectivity index (χ4n) is 2.00. The van der Waals surface area contributed by atoms with Gasteiger partial charge in [-0.1, -0.05) is 0 Å². The predicted octanol–water partition coefficient (Wildman–Crippen LogP) is 2.90. The summed E-state index contributed by atoms with van der Waals surface area (Å²) < 4.78 is 11.4. The fourth-order valence-corrected chi connectivity index (χ4v) is 2.78. The first-order valence-electron chi connectivity index (χ1n) is 7.61. The van der Waals surface area contributed by atoms with Gasteiger partial charge in [0.1, 0.15) is 0 Å². The number of aliphatic carboxylic acids is 1. The number of nitrogens with zero attached hydrogens (tertiary/aromatic N) is 3. The second kappa shape index (κ2) is 9.66. The van der Waals surface area contributed by atoms with Crippen molar-refractivity contribution in [3.05, 3.63) is 49.7 Å². The van der Waals surface area contributed by atoms with Crippen LogP contribution >= 0.6 is 22.6 Å². The van der Waals surface area contributed by atoms with Crippen LogP contribution in [0.3, 0.4) is 0 Å². The van der Waals surface area contributed by atoms with Crippen LogP contribution in [0.4, 0.5) is 11.5 Å². The van der Waals surface area contributed by atoms with Crippen molar-refractivity contribution < 1.29 is 24.3 Å². The normalized spacial score (nSPS) is 10.6. The molecule has 142 valence electrons. The maximum Gasteiger partial charge on any atom is 0.341 e. The number of hydrazone groups is 1. The first-order valence-corrected chi connectivity index (χ1v) is 8.69. The minimum absolute atomic E-state index is 0.0138. The molecule has 0 bridgehead atoms. The van der Waals surface area contributed by atoms with Crippen LogP contribution in [0.2, 0.25) is 0 Å². The summed E-state index contributed by atoms with van der Waals surface area (Å²) in [7, 11) is 0. The summed E-state index contributed by atoms with van der Waals surface area (Å²) in [5.41, 5.74) is 2.96. The van der Waals surface area contributed by atoms with E-state index < -0.39 is 17.5 Å². The number of ether oxygens (including phenoxy) is 2. The smallest absolute Gasteiger partial charge is 0.341 e. The van der Waals surface area contributed by atoms with Crippen LogP contribution in [0.15, 0.2) is 35.6 Å². The van der Waals surface area contributed by atoms with Gasteiger partial charge in [0.2, 0.25) is 5.82 Å². The van der Waals surface area contributed by atoms with Crippen molar-refractivity contribution in [1.29, 1.82) is 0 Å². The third-order valence-electron chi connectivity index (χ3n) is 3.04. The number of halogens is 1. The van der Waals surface area contributed by atoms with Gasteiger partial charge in [-0.15, -0.1) is 0 Å². The van der Waals surface area contributed by atoms with E-state index in [2.05, 4.69) is 15.5 Å². The Balaban J connectivity index is 2.22. The number of rotatable bonds is 9. The Labute approximate surface area is 167 Å². The van der Waals surface area contributed by atoms with Crippen molar-refractivity contribution in [2.75, 3.05) is 18.6 Å². The number of nitro groups is 1. The minimum atomic E-state index is -1.10. The number of nitrogens with one attached hydrogen (secondary N) is 1. The first kappa shape index (κ1) is 20.4. The predicted molar refractivity (Wildman–Crippen MR) is 106 cm³/mol. The van der Waals surface area contributed by atoms with Gasteiger partial charge >= 0.3 is 11.7 Å². The highest BCUT2D eigenvalue weighted by Crippen LogP contribution is 2.34. The molecule has 0 aliphatic heterocycles. The topological polar surface area (TPSA) is 136 Å². The van der Waals surface area contributed by atoms with E-state index in [0.29, 0.717) is 27.2 Å². The molecule has 0 saturated heterocycles. The van der Waals surface area contributed by atoms with Gasteiger partial charge in [-0.25, -0.2) is 9.78 Å². The summed E-state index contributed by atoms with van der Waals surface area (Å²) in [6.07, 6.45) is 2.85. The van der Waals surface area contributed by atoms with Crippen molar-refractivity contribution in [3.8, 4) is 11.5 Å². The molecule has 2 N–H and O–H groups in total. The second-order valence-electron chi connectivity index (χ2n) is 4.94. The Hall–Kier alpha value is -2.96. The molecule has 2 aromatic rings. The van der Waals surface area contributed by atoms with Crippen LogP contribution in [0, 0.1) is 13.7 Å². The standard InChI is InChI=1S/C16H15IN4O6/c1-2-26-13-7-10(6-11(17)15(13)27-9-14(22)23)8-19-20-16-12(21(24)25)4-3-5-18-16/h3-8H,2,9H2,1H3,(H,18,20)(H,22,23)/b19-8-. The Morgan fingerprint density at radius 1 is 1.48 bits per heavy atom. The molecule has 11 heteroatoms. The lowest BCUT2D eigenvalue weighted by Gasteiger charge is -2.13. The molecule has 27 heavy (non-hydrogen) atoms. The molecule has 1 aromatic heterocycles. The van der Waals surface area contributed by atoms with Gasteiger partial charge < -0.3 is 14.6 Å². The maximum absolute atomic E-state index is 11.0. The Kier molecular flexibility index (Phi) is 7.28. The van der Waals surface area contributed by atoms with E-state index in [4.69, 9.17) is 14.6 Å². The van der Waals surface area contributed by atoms with Crippen LogP contribution in [-0.4, -0.2) is 40.4 Å². The number of benzene rings is 1. The average molecular weight is 486 g/mol. The van der Waals surface area contributed by atoms with E-state index in [0.717, 1.165) is 0 Å². The zero-order chi connectivity index (χ0) is 19.8. The molecule has 0 unspecified atom stereocenters. The van der Waals surface area contributed by atoms with Crippen molar-refractivity contribution in [3.63, 3.8) is 0 Å². The number of pyridine rings is 1. The SMILES string of the molecule is CCOc1cc(/C=N\Nc2ncccc2[N+](=O)[O-])cc(I)c1OCC(=O)O. The number of aromatic nitrogens is 1. The summed E-state index contributed by atoms with van der Waals surface area (Å²) in [6, 6.07) is 6.11. The maximum atomic E-state index is 11.0. The summed E-state index contributed by atoms with van der Waals surface area (Å²) in [6.45, 7) is 1.66. The van der Waals surface area contributed by atoms with Gasteiger partial charge in [-0.3, -0.25) is 15.5 Å². The van der Waals surface area contributed by atoms with Crippen LogP contribution in [0.1, 0.15) is 12.5 Å². The van der Waals surface area contributed by atoms with Crippen molar-refractivity contribution >= 4 is 46.3 Å². The van der Waals surface area contributed by atoms with Crippen LogP contribution < -0.4 is 14.9 Å². The van der Waals surface area contributed by atoms with E-state index >= 15 is 0 Å². The van der Waals surface area contributed by atoms with Crippen LogP contribution in [-0.2, 0) is 4.79 Å². The minimum Gasteiger partial charge on any atom is -0.490 e. The van der Waals surface area contributed by atoms with Gasteiger partial charge in [0.05, 0.1) is 21.3 Å². The molecule has 0 aliphatic carbocycles. The van der Waals surface area contributed by atoms with Gasteiger partial charge in [-0.2, -0.15) is 5.10 Å². The lowest BCUT2D eigenvalue weighted by Crippen LogP contribution is -2.11. The lowest BCUT2D eigenvalue weighted by atomic mass is 10.2. The summed E-state index contributed by atoms with van der Waals surface area (Å²) in [5, 5.41) is 23.7. The number of hydrogen-bond acceptors (Lipinski definition) is 8. The molecule has 0 atom stereocenters. The number of carboxylic acid groups (broad SMARTS) is 1. The largest absolute Gasteiger partial charge is 0.490 e. The van der Waals surface area contributed by atoms with Gasteiger partial charge in [0.25, 0.3) is 0 Å². The van der Waals surface area contributed by atoms with E-state index in [1.165, 1.54) is 24.5 Å². The Morgan fingerprint density at radius 2 is 2.26 bits per heavy atom. The molecule has 0 amide bonds. The molecule has 2 rings (SSSR count). The van der Waals surface area contributed by atoms with E-state index in [1.807, 2.05) is 22.6 Å². The molecule has 1 aromatic carbocycles. The van der Waals surface area contributed by atoms with Crippen molar-refractivity contribution in [2.45, 2.75) is 6.92 Å². The molecular weight excluding hydrogens is 471 g/mol. The highest BCUT2D eigenvalue weighted by molar-refractivity contribution is 14.1. The average Bonchev–Trinajstić information content (AvgIpc) is 2.61. The van der Waals surface area contributed by atoms with Crippen LogP contribution in [0.5, 0.6) is 11.5 Å². The molecule has 0 aliphatic rings. The van der Waals surface area contributed by atoms with E-state index in [1.54, 1.807) is 19.1 Å². The molecule has 0 radical (unpaired) electrons. The molecule has 10 nitrogen and oxygen atoms in total. The highest BCUT2D eigenvalue weighted by atomic mass is 127. The molecule has 0 fully saturated rings. The number of hydrogen-bond donors (Lipinski definition) is 2. The first-order chi connectivity index (χ1) is 12.9. The number of anilines is 1. The van der Waals surface area contributed by atoms with E-state index in [9.17, 15) is 14.9 Å². The third kappa shape index (κ3) is 5.77. The fraction of sp³-hybridized carbons (Fsp3) is 0.188. The molecular formula is C16H15IN4O6. The molecule has 0 saturated carbocycles. The summed E-state index contributed by atoms with van der Waals surface area (Å²) in [4.78, 5) is 25.0. The van der Waals surface area contributed by atoms with Gasteiger partial charge in [0.15, 0.2) is 18.1 Å². The number of carboxylic acids is 1. The molecule has 0 spiro atoms. The Bertz CT molecular complexity index is 874. The van der Waals surface area contributed by atoms with Crippen molar-refractivity contribution in [2.24, 2.45) is 5.10 Å². The van der Waals surface area contributed by atoms with Gasteiger partial charge in [0, 0.05) is 12.3 Å². The number of carbonyl (C=O) groups is 1. The van der Waals surface area contributed by atoms with Gasteiger partial charge in [-0.05, 0) is 53.3 Å². The second-order valence-corrected chi connectivity index (χ2v) is 6.11.